The summed E-state index contributed by atoms with van der Waals surface area (Å²) in [4.78, 5) is 18.2. The zero-order chi connectivity index (χ0) is 14.7. The summed E-state index contributed by atoms with van der Waals surface area (Å²) < 4.78 is 0. The number of aryl methyl sites for hydroxylation is 2. The van der Waals surface area contributed by atoms with E-state index in [2.05, 4.69) is 22.1 Å². The molecule has 5 nitrogen and oxygen atoms in total. The highest BCUT2D eigenvalue weighted by molar-refractivity contribution is 5.94. The summed E-state index contributed by atoms with van der Waals surface area (Å²) in [6.07, 6.45) is 2.20. The SMILES string of the molecule is CCN1CCCC(Nc2nc(C)cc(C)c2C(=O)O)C1. The fraction of sp³-hybridized carbons (Fsp3) is 0.600. The number of carbonyl (C=O) groups is 1. The molecule has 0 bridgehead atoms. The fourth-order valence-electron chi connectivity index (χ4n) is 2.87. The number of carboxylic acids is 1. The summed E-state index contributed by atoms with van der Waals surface area (Å²) in [6.45, 7) is 8.97. The molecule has 1 fully saturated rings. The van der Waals surface area contributed by atoms with Gasteiger partial charge in [-0.25, -0.2) is 9.78 Å². The molecule has 0 radical (unpaired) electrons. The Kier molecular flexibility index (Phi) is 4.60. The maximum atomic E-state index is 11.4. The van der Waals surface area contributed by atoms with Gasteiger partial charge in [-0.05, 0) is 51.4 Å². The number of nitrogens with zero attached hydrogens (tertiary/aromatic N) is 2. The van der Waals surface area contributed by atoms with Crippen LogP contribution in [0.1, 0.15) is 41.4 Å². The standard InChI is InChI=1S/C15H23N3O2/c1-4-18-7-5-6-12(9-18)17-14-13(15(19)20)10(2)8-11(3)16-14/h8,12H,4-7,9H2,1-3H3,(H,16,17)(H,19,20). The Morgan fingerprint density at radius 1 is 1.55 bits per heavy atom. The zero-order valence-electron chi connectivity index (χ0n) is 12.4. The Bertz CT molecular complexity index is 502. The van der Waals surface area contributed by atoms with Gasteiger partial charge in [-0.15, -0.1) is 0 Å². The van der Waals surface area contributed by atoms with Gasteiger partial charge in [0.1, 0.15) is 11.4 Å². The van der Waals surface area contributed by atoms with Crippen LogP contribution in [-0.4, -0.2) is 46.6 Å². The van der Waals surface area contributed by atoms with E-state index in [-0.39, 0.29) is 6.04 Å². The summed E-state index contributed by atoms with van der Waals surface area (Å²) in [6, 6.07) is 2.09. The molecule has 0 aliphatic carbocycles. The van der Waals surface area contributed by atoms with E-state index in [0.717, 1.165) is 43.7 Å². The number of piperidine rings is 1. The van der Waals surface area contributed by atoms with E-state index in [1.807, 2.05) is 19.9 Å². The Hall–Kier alpha value is -1.62. The molecule has 1 aromatic heterocycles. The summed E-state index contributed by atoms with van der Waals surface area (Å²) in [5.41, 5.74) is 1.90. The highest BCUT2D eigenvalue weighted by Crippen LogP contribution is 2.22. The fourth-order valence-corrected chi connectivity index (χ4v) is 2.87. The van der Waals surface area contributed by atoms with Crippen LogP contribution >= 0.6 is 0 Å². The maximum absolute atomic E-state index is 11.4. The third-order valence-electron chi connectivity index (χ3n) is 3.85. The first-order chi connectivity index (χ1) is 9.51. The first kappa shape index (κ1) is 14.8. The zero-order valence-corrected chi connectivity index (χ0v) is 12.4. The number of aromatic carboxylic acids is 1. The van der Waals surface area contributed by atoms with E-state index in [4.69, 9.17) is 0 Å². The minimum atomic E-state index is -0.916. The molecule has 0 spiro atoms. The van der Waals surface area contributed by atoms with Crippen LogP contribution in [-0.2, 0) is 0 Å². The molecule has 1 aromatic rings. The normalized spacial score (nSPS) is 19.9. The lowest BCUT2D eigenvalue weighted by atomic mass is 10.0. The molecule has 1 aliphatic rings. The topological polar surface area (TPSA) is 65.5 Å². The van der Waals surface area contributed by atoms with Gasteiger partial charge in [-0.3, -0.25) is 0 Å². The number of carboxylic acid groups (broad SMARTS) is 1. The second-order valence-corrected chi connectivity index (χ2v) is 5.49. The smallest absolute Gasteiger partial charge is 0.339 e. The minimum absolute atomic E-state index is 0.274. The molecule has 110 valence electrons. The average Bonchev–Trinajstić information content (AvgIpc) is 2.37. The molecule has 1 saturated heterocycles. The molecule has 1 atom stereocenters. The lowest BCUT2D eigenvalue weighted by Crippen LogP contribution is -2.42. The van der Waals surface area contributed by atoms with Gasteiger partial charge in [-0.2, -0.15) is 0 Å². The number of hydrogen-bond acceptors (Lipinski definition) is 4. The van der Waals surface area contributed by atoms with Gasteiger partial charge < -0.3 is 15.3 Å². The van der Waals surface area contributed by atoms with E-state index in [0.29, 0.717) is 11.4 Å². The first-order valence-corrected chi connectivity index (χ1v) is 7.21. The molecule has 20 heavy (non-hydrogen) atoms. The highest BCUT2D eigenvalue weighted by Gasteiger charge is 2.22. The van der Waals surface area contributed by atoms with Gasteiger partial charge in [0.05, 0.1) is 0 Å². The highest BCUT2D eigenvalue weighted by atomic mass is 16.4. The second kappa shape index (κ2) is 6.22. The first-order valence-electron chi connectivity index (χ1n) is 7.21. The Morgan fingerprint density at radius 2 is 2.30 bits per heavy atom. The number of likely N-dealkylation sites (N-methyl/N-ethyl adjacent to an activating group) is 1. The van der Waals surface area contributed by atoms with Crippen LogP contribution in [0, 0.1) is 13.8 Å². The van der Waals surface area contributed by atoms with Crippen molar-refractivity contribution in [3.63, 3.8) is 0 Å². The predicted molar refractivity (Wildman–Crippen MR) is 79.4 cm³/mol. The number of pyridine rings is 1. The number of nitrogens with one attached hydrogen (secondary N) is 1. The van der Waals surface area contributed by atoms with Crippen LogP contribution < -0.4 is 5.32 Å². The Balaban J connectivity index is 2.22. The molecule has 2 heterocycles. The summed E-state index contributed by atoms with van der Waals surface area (Å²) >= 11 is 0. The monoisotopic (exact) mass is 277 g/mol. The van der Waals surface area contributed by atoms with Crippen molar-refractivity contribution in [1.29, 1.82) is 0 Å². The number of hydrogen-bond donors (Lipinski definition) is 2. The number of rotatable bonds is 4. The van der Waals surface area contributed by atoms with Crippen LogP contribution in [0.2, 0.25) is 0 Å². The van der Waals surface area contributed by atoms with Gasteiger partial charge in [0.2, 0.25) is 0 Å². The van der Waals surface area contributed by atoms with Gasteiger partial charge in [-0.1, -0.05) is 6.92 Å². The lowest BCUT2D eigenvalue weighted by Gasteiger charge is -2.32. The second-order valence-electron chi connectivity index (χ2n) is 5.49. The molecule has 0 amide bonds. The van der Waals surface area contributed by atoms with Gasteiger partial charge in [0.15, 0.2) is 0 Å². The molecule has 0 saturated carbocycles. The van der Waals surface area contributed by atoms with Gasteiger partial charge in [0.25, 0.3) is 0 Å². The summed E-state index contributed by atoms with van der Waals surface area (Å²) in [5.74, 6) is -0.404. The van der Waals surface area contributed by atoms with Crippen LogP contribution in [0.3, 0.4) is 0 Å². The number of anilines is 1. The lowest BCUT2D eigenvalue weighted by molar-refractivity contribution is 0.0696. The molecule has 1 unspecified atom stereocenters. The Morgan fingerprint density at radius 3 is 2.95 bits per heavy atom. The van der Waals surface area contributed by atoms with E-state index in [9.17, 15) is 9.90 Å². The van der Waals surface area contributed by atoms with Crippen LogP contribution in [0.15, 0.2) is 6.07 Å². The van der Waals surface area contributed by atoms with E-state index in [1.54, 1.807) is 0 Å². The van der Waals surface area contributed by atoms with Crippen molar-refractivity contribution in [3.05, 3.63) is 22.9 Å². The molecular formula is C15H23N3O2. The van der Waals surface area contributed by atoms with Crippen LogP contribution in [0.5, 0.6) is 0 Å². The van der Waals surface area contributed by atoms with Crippen LogP contribution in [0.4, 0.5) is 5.82 Å². The molecule has 2 N–H and O–H groups in total. The van der Waals surface area contributed by atoms with E-state index in [1.165, 1.54) is 0 Å². The molecule has 0 aromatic carbocycles. The van der Waals surface area contributed by atoms with Crippen molar-refractivity contribution in [2.75, 3.05) is 25.0 Å². The average molecular weight is 277 g/mol. The predicted octanol–water partition coefficient (Wildman–Crippen LogP) is 2.29. The summed E-state index contributed by atoms with van der Waals surface area (Å²) in [7, 11) is 0. The van der Waals surface area contributed by atoms with Crippen molar-refractivity contribution in [2.24, 2.45) is 0 Å². The number of likely N-dealkylation sites (tertiary alicyclic amines) is 1. The van der Waals surface area contributed by atoms with Gasteiger partial charge >= 0.3 is 5.97 Å². The van der Waals surface area contributed by atoms with E-state index < -0.39 is 5.97 Å². The van der Waals surface area contributed by atoms with E-state index >= 15 is 0 Å². The van der Waals surface area contributed by atoms with Crippen molar-refractivity contribution in [2.45, 2.75) is 39.7 Å². The quantitative estimate of drug-likeness (QED) is 0.884. The van der Waals surface area contributed by atoms with Gasteiger partial charge in [0, 0.05) is 18.3 Å². The molecule has 2 rings (SSSR count). The third kappa shape index (κ3) is 3.28. The maximum Gasteiger partial charge on any atom is 0.339 e. The molecule has 5 heteroatoms. The van der Waals surface area contributed by atoms with Crippen LogP contribution in [0.25, 0.3) is 0 Å². The largest absolute Gasteiger partial charge is 0.478 e. The summed E-state index contributed by atoms with van der Waals surface area (Å²) in [5, 5.41) is 12.7. The van der Waals surface area contributed by atoms with Crippen molar-refractivity contribution in [1.82, 2.24) is 9.88 Å². The molecule has 1 aliphatic heterocycles. The van der Waals surface area contributed by atoms with Crippen molar-refractivity contribution >= 4 is 11.8 Å². The van der Waals surface area contributed by atoms with Crippen molar-refractivity contribution in [3.8, 4) is 0 Å². The number of aromatic nitrogens is 1. The molecular weight excluding hydrogens is 254 g/mol. The Labute approximate surface area is 120 Å². The minimum Gasteiger partial charge on any atom is -0.478 e. The van der Waals surface area contributed by atoms with Crippen molar-refractivity contribution < 1.29 is 9.90 Å². The third-order valence-corrected chi connectivity index (χ3v) is 3.85.